The molecule has 0 atom stereocenters. The minimum atomic E-state index is 1.10. The smallest absolute Gasteiger partial charge is 0.0655 e. The quantitative estimate of drug-likeness (QED) is 0.686. The lowest BCUT2D eigenvalue weighted by atomic mass is 10.3. The molecular formula is C10H10Br3N. The number of nitrogens with zero attached hydrogens (tertiary/aromatic N) is 1. The van der Waals surface area contributed by atoms with Crippen molar-refractivity contribution in [3.63, 3.8) is 0 Å². The third-order valence-electron chi connectivity index (χ3n) is 2.40. The van der Waals surface area contributed by atoms with Crippen molar-refractivity contribution in [3.05, 3.63) is 25.6 Å². The van der Waals surface area contributed by atoms with Gasteiger partial charge in [-0.1, -0.05) is 15.9 Å². The molecule has 1 aromatic rings. The largest absolute Gasteiger partial charge is 0.370 e. The Bertz CT molecular complexity index is 322. The summed E-state index contributed by atoms with van der Waals surface area (Å²) in [5, 5.41) is 0. The molecule has 0 radical (unpaired) electrons. The molecule has 0 N–H and O–H groups in total. The third kappa shape index (κ3) is 2.17. The van der Waals surface area contributed by atoms with Gasteiger partial charge in [0, 0.05) is 26.5 Å². The van der Waals surface area contributed by atoms with Crippen molar-refractivity contribution in [1.82, 2.24) is 0 Å². The van der Waals surface area contributed by atoms with E-state index in [2.05, 4.69) is 64.8 Å². The lowest BCUT2D eigenvalue weighted by Crippen LogP contribution is -2.18. The minimum absolute atomic E-state index is 1.10. The van der Waals surface area contributed by atoms with Gasteiger partial charge in [-0.25, -0.2) is 0 Å². The first-order chi connectivity index (χ1) is 6.68. The first kappa shape index (κ1) is 11.0. The molecule has 0 bridgehead atoms. The van der Waals surface area contributed by atoms with Gasteiger partial charge in [-0.15, -0.1) is 0 Å². The fourth-order valence-corrected chi connectivity index (χ4v) is 4.54. The molecule has 1 aliphatic rings. The predicted molar refractivity (Wildman–Crippen MR) is 71.0 cm³/mol. The minimum Gasteiger partial charge on any atom is -0.370 e. The summed E-state index contributed by atoms with van der Waals surface area (Å²) < 4.78 is 3.40. The summed E-state index contributed by atoms with van der Waals surface area (Å²) in [6, 6.07) is 4.19. The van der Waals surface area contributed by atoms with E-state index in [0.717, 1.165) is 13.4 Å². The van der Waals surface area contributed by atoms with Gasteiger partial charge in [0.2, 0.25) is 0 Å². The van der Waals surface area contributed by atoms with Gasteiger partial charge in [-0.2, -0.15) is 0 Å². The van der Waals surface area contributed by atoms with E-state index in [1.807, 2.05) is 0 Å². The zero-order chi connectivity index (χ0) is 10.1. The summed E-state index contributed by atoms with van der Waals surface area (Å²) in [6.07, 6.45) is 2.60. The Morgan fingerprint density at radius 3 is 1.93 bits per heavy atom. The summed E-state index contributed by atoms with van der Waals surface area (Å²) in [5.41, 5.74) is 1.28. The Morgan fingerprint density at radius 1 is 0.929 bits per heavy atom. The van der Waals surface area contributed by atoms with Gasteiger partial charge in [-0.05, 0) is 56.8 Å². The summed E-state index contributed by atoms with van der Waals surface area (Å²) in [4.78, 5) is 2.42. The van der Waals surface area contributed by atoms with Gasteiger partial charge in [-0.3, -0.25) is 0 Å². The molecule has 1 fully saturated rings. The van der Waals surface area contributed by atoms with Gasteiger partial charge in [0.05, 0.1) is 5.69 Å². The van der Waals surface area contributed by atoms with Crippen molar-refractivity contribution in [1.29, 1.82) is 0 Å². The maximum Gasteiger partial charge on any atom is 0.0655 e. The molecule has 76 valence electrons. The SMILES string of the molecule is Brc1cc(Br)c(N2CCCC2)c(Br)c1. The van der Waals surface area contributed by atoms with E-state index < -0.39 is 0 Å². The monoisotopic (exact) mass is 381 g/mol. The summed E-state index contributed by atoms with van der Waals surface area (Å²) in [6.45, 7) is 2.33. The molecule has 14 heavy (non-hydrogen) atoms. The van der Waals surface area contributed by atoms with Crippen molar-refractivity contribution in [3.8, 4) is 0 Å². The summed E-state index contributed by atoms with van der Waals surface area (Å²) in [7, 11) is 0. The van der Waals surface area contributed by atoms with E-state index in [0.29, 0.717) is 0 Å². The van der Waals surface area contributed by atoms with E-state index >= 15 is 0 Å². The van der Waals surface area contributed by atoms with Crippen LogP contribution in [0.15, 0.2) is 25.6 Å². The van der Waals surface area contributed by atoms with Crippen LogP contribution in [-0.2, 0) is 0 Å². The molecule has 1 heterocycles. The number of rotatable bonds is 1. The highest BCUT2D eigenvalue weighted by Gasteiger charge is 2.17. The van der Waals surface area contributed by atoms with Crippen LogP contribution >= 0.6 is 47.8 Å². The van der Waals surface area contributed by atoms with Gasteiger partial charge < -0.3 is 4.90 Å². The molecule has 4 heteroatoms. The molecule has 0 unspecified atom stereocenters. The number of halogens is 3. The second kappa shape index (κ2) is 4.54. The number of benzene rings is 1. The molecular weight excluding hydrogens is 374 g/mol. The van der Waals surface area contributed by atoms with Crippen LogP contribution < -0.4 is 4.90 Å². The number of anilines is 1. The highest BCUT2D eigenvalue weighted by molar-refractivity contribution is 9.11. The average Bonchev–Trinajstić information content (AvgIpc) is 2.54. The lowest BCUT2D eigenvalue weighted by Gasteiger charge is -2.21. The molecule has 1 saturated heterocycles. The van der Waals surface area contributed by atoms with Gasteiger partial charge in [0.1, 0.15) is 0 Å². The van der Waals surface area contributed by atoms with E-state index in [4.69, 9.17) is 0 Å². The highest BCUT2D eigenvalue weighted by Crippen LogP contribution is 2.38. The van der Waals surface area contributed by atoms with Crippen LogP contribution in [0.2, 0.25) is 0 Å². The highest BCUT2D eigenvalue weighted by atomic mass is 79.9. The molecule has 1 nitrogen and oxygen atoms in total. The summed E-state index contributed by atoms with van der Waals surface area (Å²) in [5.74, 6) is 0. The Morgan fingerprint density at radius 2 is 1.43 bits per heavy atom. The first-order valence-electron chi connectivity index (χ1n) is 4.58. The zero-order valence-electron chi connectivity index (χ0n) is 7.56. The first-order valence-corrected chi connectivity index (χ1v) is 6.96. The van der Waals surface area contributed by atoms with Crippen molar-refractivity contribution < 1.29 is 0 Å². The molecule has 1 aromatic carbocycles. The average molecular weight is 384 g/mol. The Balaban J connectivity index is 2.40. The van der Waals surface area contributed by atoms with E-state index in [-0.39, 0.29) is 0 Å². The molecule has 0 amide bonds. The fourth-order valence-electron chi connectivity index (χ4n) is 1.78. The second-order valence-corrected chi connectivity index (χ2v) is 6.04. The van der Waals surface area contributed by atoms with Gasteiger partial charge in [0.25, 0.3) is 0 Å². The van der Waals surface area contributed by atoms with Crippen molar-refractivity contribution in [2.75, 3.05) is 18.0 Å². The summed E-state index contributed by atoms with van der Waals surface area (Å²) >= 11 is 10.7. The Kier molecular flexibility index (Phi) is 3.55. The molecule has 0 aliphatic carbocycles. The van der Waals surface area contributed by atoms with Crippen LogP contribution in [-0.4, -0.2) is 13.1 Å². The second-order valence-electron chi connectivity index (χ2n) is 3.41. The van der Waals surface area contributed by atoms with Crippen LogP contribution in [0, 0.1) is 0 Å². The van der Waals surface area contributed by atoms with Crippen molar-refractivity contribution in [2.24, 2.45) is 0 Å². The standard InChI is InChI=1S/C10H10Br3N/c11-7-5-8(12)10(9(13)6-7)14-3-1-2-4-14/h5-6H,1-4H2. The molecule has 0 spiro atoms. The van der Waals surface area contributed by atoms with E-state index in [1.165, 1.54) is 31.6 Å². The number of hydrogen-bond acceptors (Lipinski definition) is 1. The van der Waals surface area contributed by atoms with Crippen LogP contribution in [0.3, 0.4) is 0 Å². The predicted octanol–water partition coefficient (Wildman–Crippen LogP) is 4.57. The molecule has 0 aromatic heterocycles. The maximum absolute atomic E-state index is 3.61. The number of hydrogen-bond donors (Lipinski definition) is 0. The molecule has 1 aliphatic heterocycles. The van der Waals surface area contributed by atoms with Gasteiger partial charge >= 0.3 is 0 Å². The molecule has 2 rings (SSSR count). The van der Waals surface area contributed by atoms with Crippen LogP contribution in [0.1, 0.15) is 12.8 Å². The van der Waals surface area contributed by atoms with E-state index in [9.17, 15) is 0 Å². The van der Waals surface area contributed by atoms with Crippen LogP contribution in [0.4, 0.5) is 5.69 Å². The maximum atomic E-state index is 3.61. The van der Waals surface area contributed by atoms with Crippen molar-refractivity contribution in [2.45, 2.75) is 12.8 Å². The van der Waals surface area contributed by atoms with Crippen LogP contribution in [0.5, 0.6) is 0 Å². The Hall–Kier alpha value is 0.460. The van der Waals surface area contributed by atoms with Gasteiger partial charge in [0.15, 0.2) is 0 Å². The lowest BCUT2D eigenvalue weighted by molar-refractivity contribution is 0.949. The zero-order valence-corrected chi connectivity index (χ0v) is 12.3. The normalized spacial score (nSPS) is 16.4. The van der Waals surface area contributed by atoms with Crippen LogP contribution in [0.25, 0.3) is 0 Å². The third-order valence-corrected chi connectivity index (χ3v) is 4.07. The van der Waals surface area contributed by atoms with Crippen molar-refractivity contribution >= 4 is 53.5 Å². The fraction of sp³-hybridized carbons (Fsp3) is 0.400. The van der Waals surface area contributed by atoms with E-state index in [1.54, 1.807) is 0 Å². The molecule has 0 saturated carbocycles. The topological polar surface area (TPSA) is 3.24 Å². The Labute approximate surface area is 109 Å².